The van der Waals surface area contributed by atoms with Gasteiger partial charge in [-0.3, -0.25) is 0 Å². The van der Waals surface area contributed by atoms with Crippen LogP contribution < -0.4 is 5.32 Å². The normalized spacial score (nSPS) is 14.4. The molecule has 0 aromatic carbocycles. The maximum atomic E-state index is 5.37. The summed E-state index contributed by atoms with van der Waals surface area (Å²) in [5.74, 6) is 0.972. The molecule has 0 radical (unpaired) electrons. The van der Waals surface area contributed by atoms with E-state index < -0.39 is 0 Å². The van der Waals surface area contributed by atoms with Crippen molar-refractivity contribution in [3.63, 3.8) is 0 Å². The molecule has 0 fully saturated rings. The van der Waals surface area contributed by atoms with Gasteiger partial charge in [-0.1, -0.05) is 0 Å². The van der Waals surface area contributed by atoms with Crippen molar-refractivity contribution in [1.29, 1.82) is 0 Å². The summed E-state index contributed by atoms with van der Waals surface area (Å²) in [6.45, 7) is 6.93. The average molecular weight is 269 g/mol. The lowest BCUT2D eigenvalue weighted by molar-refractivity contribution is 0.145. The van der Waals surface area contributed by atoms with Gasteiger partial charge in [-0.25, -0.2) is 0 Å². The van der Waals surface area contributed by atoms with Crippen molar-refractivity contribution >= 4 is 17.3 Å². The van der Waals surface area contributed by atoms with E-state index in [0.29, 0.717) is 0 Å². The van der Waals surface area contributed by atoms with E-state index in [4.69, 9.17) is 17.0 Å². The minimum Gasteiger partial charge on any atom is -0.382 e. The van der Waals surface area contributed by atoms with Crippen LogP contribution in [0.5, 0.6) is 0 Å². The first kappa shape index (κ1) is 13.2. The van der Waals surface area contributed by atoms with E-state index in [1.807, 2.05) is 6.92 Å². The SMILES string of the molecule is CCOCCCNC(=S)N1CCn2cnnc2C1. The smallest absolute Gasteiger partial charge is 0.169 e. The molecule has 0 amide bonds. The highest BCUT2D eigenvalue weighted by molar-refractivity contribution is 7.80. The van der Waals surface area contributed by atoms with Crippen molar-refractivity contribution in [3.05, 3.63) is 12.2 Å². The molecule has 100 valence electrons. The summed E-state index contributed by atoms with van der Waals surface area (Å²) in [6.07, 6.45) is 2.74. The molecule has 2 rings (SSSR count). The molecule has 0 saturated carbocycles. The summed E-state index contributed by atoms with van der Waals surface area (Å²) in [4.78, 5) is 2.13. The van der Waals surface area contributed by atoms with E-state index in [1.165, 1.54) is 0 Å². The number of nitrogens with zero attached hydrogens (tertiary/aromatic N) is 4. The van der Waals surface area contributed by atoms with Gasteiger partial charge < -0.3 is 19.5 Å². The van der Waals surface area contributed by atoms with Crippen LogP contribution in [0.25, 0.3) is 0 Å². The summed E-state index contributed by atoms with van der Waals surface area (Å²) < 4.78 is 7.34. The fourth-order valence-electron chi connectivity index (χ4n) is 1.87. The molecule has 1 aliphatic heterocycles. The molecule has 1 aliphatic rings. The molecule has 1 aromatic heterocycles. The van der Waals surface area contributed by atoms with E-state index in [0.717, 1.165) is 56.8 Å². The monoisotopic (exact) mass is 269 g/mol. The third-order valence-electron chi connectivity index (χ3n) is 2.87. The maximum absolute atomic E-state index is 5.37. The molecular formula is C11H19N5OS. The summed E-state index contributed by atoms with van der Waals surface area (Å²) in [5.41, 5.74) is 0. The van der Waals surface area contributed by atoms with Gasteiger partial charge >= 0.3 is 0 Å². The number of thiocarbonyl (C=S) groups is 1. The Morgan fingerprint density at radius 1 is 1.56 bits per heavy atom. The molecule has 1 aromatic rings. The predicted molar refractivity (Wildman–Crippen MR) is 72.1 cm³/mol. The highest BCUT2D eigenvalue weighted by Crippen LogP contribution is 2.08. The molecule has 7 heteroatoms. The number of fused-ring (bicyclic) bond motifs is 1. The van der Waals surface area contributed by atoms with E-state index in [1.54, 1.807) is 6.33 Å². The lowest BCUT2D eigenvalue weighted by Crippen LogP contribution is -2.44. The van der Waals surface area contributed by atoms with Crippen LogP contribution in [0.3, 0.4) is 0 Å². The molecule has 18 heavy (non-hydrogen) atoms. The van der Waals surface area contributed by atoms with Crippen molar-refractivity contribution in [3.8, 4) is 0 Å². The van der Waals surface area contributed by atoms with Crippen LogP contribution >= 0.6 is 12.2 Å². The Bertz CT molecular complexity index is 395. The van der Waals surface area contributed by atoms with Crippen LogP contribution in [-0.2, 0) is 17.8 Å². The summed E-state index contributed by atoms with van der Waals surface area (Å²) in [7, 11) is 0. The molecule has 1 N–H and O–H groups in total. The Morgan fingerprint density at radius 3 is 3.28 bits per heavy atom. The van der Waals surface area contributed by atoms with Gasteiger partial charge in [0.1, 0.15) is 6.33 Å². The minimum atomic E-state index is 0.733. The van der Waals surface area contributed by atoms with Crippen LogP contribution in [0, 0.1) is 0 Å². The minimum absolute atomic E-state index is 0.733. The molecule has 0 bridgehead atoms. The van der Waals surface area contributed by atoms with Crippen LogP contribution in [-0.4, -0.2) is 51.1 Å². The zero-order valence-electron chi connectivity index (χ0n) is 10.6. The highest BCUT2D eigenvalue weighted by atomic mass is 32.1. The molecular weight excluding hydrogens is 250 g/mol. The number of rotatable bonds is 5. The van der Waals surface area contributed by atoms with E-state index >= 15 is 0 Å². The lowest BCUT2D eigenvalue weighted by Gasteiger charge is -2.29. The number of hydrogen-bond acceptors (Lipinski definition) is 4. The van der Waals surface area contributed by atoms with Gasteiger partial charge in [0.05, 0.1) is 6.54 Å². The van der Waals surface area contributed by atoms with Crippen LogP contribution in [0.1, 0.15) is 19.2 Å². The summed E-state index contributed by atoms with van der Waals surface area (Å²) in [6, 6.07) is 0. The standard InChI is InChI=1S/C11H19N5OS/c1-2-17-7-3-4-12-11(18)15-5-6-16-9-13-14-10(16)8-15/h9H,2-8H2,1H3,(H,12,18). The van der Waals surface area contributed by atoms with Crippen molar-refractivity contribution in [2.24, 2.45) is 0 Å². The lowest BCUT2D eigenvalue weighted by atomic mass is 10.4. The van der Waals surface area contributed by atoms with Gasteiger partial charge in [-0.05, 0) is 25.6 Å². The topological polar surface area (TPSA) is 55.2 Å². The second-order valence-electron chi connectivity index (χ2n) is 4.14. The molecule has 0 saturated heterocycles. The fraction of sp³-hybridized carbons (Fsp3) is 0.727. The number of ether oxygens (including phenoxy) is 1. The second-order valence-corrected chi connectivity index (χ2v) is 4.53. The summed E-state index contributed by atoms with van der Waals surface area (Å²) in [5, 5.41) is 12.0. The first-order chi connectivity index (χ1) is 8.81. The van der Waals surface area contributed by atoms with Crippen LogP contribution in [0.2, 0.25) is 0 Å². The van der Waals surface area contributed by atoms with Crippen LogP contribution in [0.4, 0.5) is 0 Å². The van der Waals surface area contributed by atoms with Gasteiger partial charge in [0.15, 0.2) is 10.9 Å². The van der Waals surface area contributed by atoms with Crippen LogP contribution in [0.15, 0.2) is 6.33 Å². The third-order valence-corrected chi connectivity index (χ3v) is 3.27. The van der Waals surface area contributed by atoms with Crippen molar-refractivity contribution in [2.45, 2.75) is 26.4 Å². The molecule has 2 heterocycles. The van der Waals surface area contributed by atoms with E-state index in [-0.39, 0.29) is 0 Å². The third kappa shape index (κ3) is 3.39. The van der Waals surface area contributed by atoms with E-state index in [2.05, 4.69) is 25.0 Å². The van der Waals surface area contributed by atoms with Crippen molar-refractivity contribution in [2.75, 3.05) is 26.3 Å². The Morgan fingerprint density at radius 2 is 2.44 bits per heavy atom. The van der Waals surface area contributed by atoms with Gasteiger partial charge in [-0.2, -0.15) is 0 Å². The molecule has 0 atom stereocenters. The number of aromatic nitrogens is 3. The Balaban J connectivity index is 1.71. The van der Waals surface area contributed by atoms with E-state index in [9.17, 15) is 0 Å². The molecule has 0 unspecified atom stereocenters. The van der Waals surface area contributed by atoms with Crippen molar-refractivity contribution in [1.82, 2.24) is 25.0 Å². The average Bonchev–Trinajstić information content (AvgIpc) is 2.85. The van der Waals surface area contributed by atoms with Crippen molar-refractivity contribution < 1.29 is 4.74 Å². The predicted octanol–water partition coefficient (Wildman–Crippen LogP) is 0.395. The molecule has 0 aliphatic carbocycles. The first-order valence-corrected chi connectivity index (χ1v) is 6.69. The first-order valence-electron chi connectivity index (χ1n) is 6.28. The maximum Gasteiger partial charge on any atom is 0.169 e. The summed E-state index contributed by atoms with van der Waals surface area (Å²) >= 11 is 5.37. The zero-order valence-corrected chi connectivity index (χ0v) is 11.4. The number of nitrogens with one attached hydrogen (secondary N) is 1. The van der Waals surface area contributed by atoms with Gasteiger partial charge in [0, 0.05) is 32.8 Å². The molecule has 0 spiro atoms. The van der Waals surface area contributed by atoms with Gasteiger partial charge in [-0.15, -0.1) is 10.2 Å². The number of hydrogen-bond donors (Lipinski definition) is 1. The fourth-order valence-corrected chi connectivity index (χ4v) is 2.12. The van der Waals surface area contributed by atoms with Gasteiger partial charge in [0.25, 0.3) is 0 Å². The molecule has 6 nitrogen and oxygen atoms in total. The Kier molecular flexibility index (Phi) is 4.89. The van der Waals surface area contributed by atoms with Gasteiger partial charge in [0.2, 0.25) is 0 Å². The Labute approximate surface area is 112 Å². The largest absolute Gasteiger partial charge is 0.382 e. The second kappa shape index (κ2) is 6.65. The zero-order chi connectivity index (χ0) is 12.8. The highest BCUT2D eigenvalue weighted by Gasteiger charge is 2.18. The quantitative estimate of drug-likeness (QED) is 0.617. The Hall–Kier alpha value is -1.21.